The van der Waals surface area contributed by atoms with Gasteiger partial charge in [-0.2, -0.15) is 0 Å². The maximum Gasteiger partial charge on any atom is 0.251 e. The molecule has 2 rings (SSSR count). The molecule has 0 saturated carbocycles. The van der Waals surface area contributed by atoms with Crippen molar-refractivity contribution in [3.05, 3.63) is 65.5 Å². The van der Waals surface area contributed by atoms with Crippen LogP contribution in [-0.4, -0.2) is 26.5 Å². The first kappa shape index (κ1) is 15.0. The van der Waals surface area contributed by atoms with Crippen molar-refractivity contribution in [2.24, 2.45) is 0 Å². The third kappa shape index (κ3) is 4.31. The van der Waals surface area contributed by atoms with Crippen LogP contribution in [0.4, 0.5) is 10.1 Å². The molecule has 0 atom stereocenters. The minimum atomic E-state index is -0.247. The van der Waals surface area contributed by atoms with Crippen molar-refractivity contribution in [2.45, 2.75) is 6.42 Å². The molecule has 4 heteroatoms. The van der Waals surface area contributed by atoms with Gasteiger partial charge in [0.1, 0.15) is 5.82 Å². The van der Waals surface area contributed by atoms with Crippen molar-refractivity contribution in [2.75, 3.05) is 25.5 Å². The highest BCUT2D eigenvalue weighted by Gasteiger charge is 2.05. The zero-order valence-electron chi connectivity index (χ0n) is 12.3. The van der Waals surface area contributed by atoms with Crippen LogP contribution < -0.4 is 10.2 Å². The van der Waals surface area contributed by atoms with Crippen LogP contribution in [0.5, 0.6) is 0 Å². The predicted octanol–water partition coefficient (Wildman–Crippen LogP) is 2.86. The second kappa shape index (κ2) is 6.88. The molecule has 1 N–H and O–H groups in total. The Bertz CT molecular complexity index is 591. The van der Waals surface area contributed by atoms with E-state index >= 15 is 0 Å². The average Bonchev–Trinajstić information content (AvgIpc) is 2.49. The van der Waals surface area contributed by atoms with Gasteiger partial charge in [-0.25, -0.2) is 4.39 Å². The minimum Gasteiger partial charge on any atom is -0.378 e. The first-order valence-electron chi connectivity index (χ1n) is 6.86. The van der Waals surface area contributed by atoms with Crippen LogP contribution in [0.15, 0.2) is 48.5 Å². The number of nitrogens with zero attached hydrogens (tertiary/aromatic N) is 1. The van der Waals surface area contributed by atoms with Crippen molar-refractivity contribution in [3.63, 3.8) is 0 Å². The van der Waals surface area contributed by atoms with E-state index in [1.165, 1.54) is 12.1 Å². The summed E-state index contributed by atoms with van der Waals surface area (Å²) in [6.45, 7) is 0.528. The Labute approximate surface area is 124 Å². The molecule has 0 aliphatic rings. The molecule has 0 aromatic heterocycles. The van der Waals surface area contributed by atoms with E-state index in [1.807, 2.05) is 43.3 Å². The molecule has 0 bridgehead atoms. The van der Waals surface area contributed by atoms with Crippen LogP contribution in [-0.2, 0) is 6.42 Å². The molecular weight excluding hydrogens is 267 g/mol. The summed E-state index contributed by atoms with van der Waals surface area (Å²) in [5, 5.41) is 2.86. The topological polar surface area (TPSA) is 32.3 Å². The monoisotopic (exact) mass is 286 g/mol. The van der Waals surface area contributed by atoms with Gasteiger partial charge in [0.2, 0.25) is 0 Å². The van der Waals surface area contributed by atoms with Crippen LogP contribution in [0.25, 0.3) is 0 Å². The van der Waals surface area contributed by atoms with E-state index in [-0.39, 0.29) is 11.7 Å². The van der Waals surface area contributed by atoms with Gasteiger partial charge >= 0.3 is 0 Å². The SMILES string of the molecule is CN(C)c1ccc(C(=O)NCCc2ccc(F)cc2)cc1. The number of halogens is 1. The number of carbonyl (C=O) groups excluding carboxylic acids is 1. The number of nitrogens with one attached hydrogen (secondary N) is 1. The molecule has 0 unspecified atom stereocenters. The number of rotatable bonds is 5. The summed E-state index contributed by atoms with van der Waals surface area (Å²) in [6, 6.07) is 13.8. The fourth-order valence-corrected chi connectivity index (χ4v) is 1.98. The molecule has 0 aliphatic carbocycles. The Hall–Kier alpha value is -2.36. The van der Waals surface area contributed by atoms with Crippen molar-refractivity contribution in [1.82, 2.24) is 5.32 Å². The van der Waals surface area contributed by atoms with Crippen LogP contribution >= 0.6 is 0 Å². The van der Waals surface area contributed by atoms with E-state index in [9.17, 15) is 9.18 Å². The molecule has 3 nitrogen and oxygen atoms in total. The van der Waals surface area contributed by atoms with E-state index in [4.69, 9.17) is 0 Å². The molecule has 2 aromatic carbocycles. The quantitative estimate of drug-likeness (QED) is 0.916. The number of carbonyl (C=O) groups is 1. The molecular formula is C17H19FN2O. The van der Waals surface area contributed by atoms with E-state index in [0.717, 1.165) is 11.3 Å². The highest BCUT2D eigenvalue weighted by atomic mass is 19.1. The first-order valence-corrected chi connectivity index (χ1v) is 6.86. The van der Waals surface area contributed by atoms with Gasteiger partial charge in [0.15, 0.2) is 0 Å². The first-order chi connectivity index (χ1) is 10.1. The molecule has 0 heterocycles. The molecule has 0 aliphatic heterocycles. The summed E-state index contributed by atoms with van der Waals surface area (Å²) < 4.78 is 12.8. The molecule has 0 fully saturated rings. The zero-order valence-corrected chi connectivity index (χ0v) is 12.3. The molecule has 110 valence electrons. The Balaban J connectivity index is 1.85. The lowest BCUT2D eigenvalue weighted by atomic mass is 10.1. The lowest BCUT2D eigenvalue weighted by molar-refractivity contribution is 0.0954. The predicted molar refractivity (Wildman–Crippen MR) is 83.2 cm³/mol. The van der Waals surface area contributed by atoms with Gasteiger partial charge in [-0.1, -0.05) is 12.1 Å². The van der Waals surface area contributed by atoms with Crippen LogP contribution in [0.1, 0.15) is 15.9 Å². The third-order valence-corrected chi connectivity index (χ3v) is 3.26. The standard InChI is InChI=1S/C17H19FN2O/c1-20(2)16-9-5-14(6-10-16)17(21)19-12-11-13-3-7-15(18)8-4-13/h3-10H,11-12H2,1-2H3,(H,19,21). The molecule has 2 aromatic rings. The van der Waals surface area contributed by atoms with Gasteiger partial charge in [0.05, 0.1) is 0 Å². The second-order valence-corrected chi connectivity index (χ2v) is 5.07. The summed E-state index contributed by atoms with van der Waals surface area (Å²) >= 11 is 0. The van der Waals surface area contributed by atoms with E-state index < -0.39 is 0 Å². The highest BCUT2D eigenvalue weighted by Crippen LogP contribution is 2.12. The summed E-state index contributed by atoms with van der Waals surface area (Å²) in [7, 11) is 3.91. The fraction of sp³-hybridized carbons (Fsp3) is 0.235. The maximum atomic E-state index is 12.8. The fourth-order valence-electron chi connectivity index (χ4n) is 1.98. The number of hydrogen-bond donors (Lipinski definition) is 1. The lowest BCUT2D eigenvalue weighted by Crippen LogP contribution is -2.25. The number of amides is 1. The third-order valence-electron chi connectivity index (χ3n) is 3.26. The Kier molecular flexibility index (Phi) is 4.93. The summed E-state index contributed by atoms with van der Waals surface area (Å²) in [6.07, 6.45) is 0.682. The Morgan fingerprint density at radius 2 is 1.67 bits per heavy atom. The number of anilines is 1. The molecule has 21 heavy (non-hydrogen) atoms. The Morgan fingerprint density at radius 1 is 1.05 bits per heavy atom. The van der Waals surface area contributed by atoms with E-state index in [1.54, 1.807) is 12.1 Å². The van der Waals surface area contributed by atoms with Crippen molar-refractivity contribution in [1.29, 1.82) is 0 Å². The minimum absolute atomic E-state index is 0.0950. The van der Waals surface area contributed by atoms with Gasteiger partial charge < -0.3 is 10.2 Å². The van der Waals surface area contributed by atoms with Crippen LogP contribution in [0, 0.1) is 5.82 Å². The molecule has 0 radical (unpaired) electrons. The van der Waals surface area contributed by atoms with E-state index in [2.05, 4.69) is 5.32 Å². The van der Waals surface area contributed by atoms with E-state index in [0.29, 0.717) is 18.5 Å². The van der Waals surface area contributed by atoms with Gasteiger partial charge in [0, 0.05) is 31.9 Å². The normalized spacial score (nSPS) is 10.2. The molecule has 0 spiro atoms. The van der Waals surface area contributed by atoms with Gasteiger partial charge in [-0.05, 0) is 48.4 Å². The lowest BCUT2D eigenvalue weighted by Gasteiger charge is -2.12. The molecule has 0 saturated heterocycles. The average molecular weight is 286 g/mol. The molecule has 1 amide bonds. The second-order valence-electron chi connectivity index (χ2n) is 5.07. The van der Waals surface area contributed by atoms with Crippen LogP contribution in [0.3, 0.4) is 0 Å². The summed E-state index contributed by atoms with van der Waals surface area (Å²) in [5.74, 6) is -0.341. The zero-order chi connectivity index (χ0) is 15.2. The summed E-state index contributed by atoms with van der Waals surface area (Å²) in [5.41, 5.74) is 2.69. The van der Waals surface area contributed by atoms with Crippen molar-refractivity contribution in [3.8, 4) is 0 Å². The van der Waals surface area contributed by atoms with Crippen molar-refractivity contribution >= 4 is 11.6 Å². The van der Waals surface area contributed by atoms with Gasteiger partial charge in [-0.15, -0.1) is 0 Å². The van der Waals surface area contributed by atoms with Crippen molar-refractivity contribution < 1.29 is 9.18 Å². The van der Waals surface area contributed by atoms with Crippen LogP contribution in [0.2, 0.25) is 0 Å². The Morgan fingerprint density at radius 3 is 2.24 bits per heavy atom. The highest BCUT2D eigenvalue weighted by molar-refractivity contribution is 5.94. The van der Waals surface area contributed by atoms with Gasteiger partial charge in [-0.3, -0.25) is 4.79 Å². The number of hydrogen-bond acceptors (Lipinski definition) is 2. The summed E-state index contributed by atoms with van der Waals surface area (Å²) in [4.78, 5) is 14.0. The largest absolute Gasteiger partial charge is 0.378 e. The maximum absolute atomic E-state index is 12.8. The number of benzene rings is 2. The van der Waals surface area contributed by atoms with Gasteiger partial charge in [0.25, 0.3) is 5.91 Å². The smallest absolute Gasteiger partial charge is 0.251 e.